The van der Waals surface area contributed by atoms with E-state index in [1.54, 1.807) is 6.07 Å². The Kier molecular flexibility index (Phi) is 3.55. The summed E-state index contributed by atoms with van der Waals surface area (Å²) in [7, 11) is 0. The van der Waals surface area contributed by atoms with Crippen molar-refractivity contribution in [2.45, 2.75) is 25.9 Å². The first-order chi connectivity index (χ1) is 11.5. The first-order valence-electron chi connectivity index (χ1n) is 8.26. The first-order valence-corrected chi connectivity index (χ1v) is 8.26. The molecule has 0 aromatic heterocycles. The second-order valence-electron chi connectivity index (χ2n) is 6.95. The van der Waals surface area contributed by atoms with Crippen LogP contribution in [0.15, 0.2) is 24.3 Å². The molecule has 4 rings (SSSR count). The fourth-order valence-electron chi connectivity index (χ4n) is 4.48. The minimum Gasteiger partial charge on any atom is -0.462 e. The summed E-state index contributed by atoms with van der Waals surface area (Å²) in [6.07, 6.45) is 1.57. The van der Waals surface area contributed by atoms with Gasteiger partial charge in [-0.2, -0.15) is 0 Å². The monoisotopic (exact) mass is 329 g/mol. The Morgan fingerprint density at radius 3 is 2.96 bits per heavy atom. The highest BCUT2D eigenvalue weighted by Gasteiger charge is 2.64. The Labute approximate surface area is 139 Å². The topological polar surface area (TPSA) is 81.7 Å². The van der Waals surface area contributed by atoms with E-state index < -0.39 is 11.9 Å². The number of amides is 1. The van der Waals surface area contributed by atoms with Crippen molar-refractivity contribution < 1.29 is 23.9 Å². The van der Waals surface area contributed by atoms with Gasteiger partial charge in [0.05, 0.1) is 11.8 Å². The lowest BCUT2D eigenvalue weighted by Crippen LogP contribution is -2.34. The largest absolute Gasteiger partial charge is 0.462 e. The number of nitrogens with one attached hydrogen (secondary N) is 1. The number of anilines is 1. The van der Waals surface area contributed by atoms with E-state index in [1.807, 2.05) is 25.1 Å². The summed E-state index contributed by atoms with van der Waals surface area (Å²) in [6.45, 7) is 1.59. The van der Waals surface area contributed by atoms with Gasteiger partial charge in [-0.15, -0.1) is 0 Å². The van der Waals surface area contributed by atoms with E-state index in [-0.39, 0.29) is 42.3 Å². The number of carbonyl (C=O) groups excluding carboxylic acids is 3. The molecule has 6 nitrogen and oxygen atoms in total. The molecule has 126 valence electrons. The van der Waals surface area contributed by atoms with Gasteiger partial charge in [0.1, 0.15) is 6.10 Å². The summed E-state index contributed by atoms with van der Waals surface area (Å²) in [4.78, 5) is 36.2. The number of carbonyl (C=O) groups is 3. The predicted molar refractivity (Wildman–Crippen MR) is 83.8 cm³/mol. The van der Waals surface area contributed by atoms with E-state index in [4.69, 9.17) is 9.47 Å². The first kappa shape index (κ1) is 15.2. The van der Waals surface area contributed by atoms with Crippen LogP contribution >= 0.6 is 0 Å². The number of hydrogen-bond donors (Lipinski definition) is 1. The van der Waals surface area contributed by atoms with Crippen molar-refractivity contribution in [2.24, 2.45) is 23.7 Å². The van der Waals surface area contributed by atoms with Crippen LogP contribution in [0.3, 0.4) is 0 Å². The molecule has 6 heteroatoms. The minimum absolute atomic E-state index is 0.0128. The molecule has 1 N–H and O–H groups in total. The van der Waals surface area contributed by atoms with E-state index in [2.05, 4.69) is 5.32 Å². The minimum atomic E-state index is -0.454. The molecule has 1 saturated heterocycles. The zero-order chi connectivity index (χ0) is 16.8. The zero-order valence-corrected chi connectivity index (χ0v) is 13.4. The highest BCUT2D eigenvalue weighted by Crippen LogP contribution is 2.57. The van der Waals surface area contributed by atoms with E-state index >= 15 is 0 Å². The van der Waals surface area contributed by atoms with E-state index in [1.165, 1.54) is 0 Å². The summed E-state index contributed by atoms with van der Waals surface area (Å²) in [5.41, 5.74) is 1.69. The molecule has 0 unspecified atom stereocenters. The fraction of sp³-hybridized carbons (Fsp3) is 0.500. The van der Waals surface area contributed by atoms with Gasteiger partial charge in [0, 0.05) is 11.6 Å². The maximum Gasteiger partial charge on any atom is 0.310 e. The molecular weight excluding hydrogens is 310 g/mol. The summed E-state index contributed by atoms with van der Waals surface area (Å²) in [5, 5.41) is 2.70. The smallest absolute Gasteiger partial charge is 0.310 e. The molecule has 5 atom stereocenters. The number of ether oxygens (including phenoxy) is 2. The van der Waals surface area contributed by atoms with Gasteiger partial charge in [0.15, 0.2) is 6.61 Å². The van der Waals surface area contributed by atoms with Crippen LogP contribution in [0.2, 0.25) is 0 Å². The molecular formula is C18H19NO5. The Morgan fingerprint density at radius 2 is 2.17 bits per heavy atom. The molecule has 1 heterocycles. The highest BCUT2D eigenvalue weighted by molar-refractivity contribution is 5.93. The van der Waals surface area contributed by atoms with Crippen LogP contribution in [0.1, 0.15) is 18.4 Å². The number of aryl methyl sites for hydroxylation is 1. The number of esters is 2. The Balaban J connectivity index is 1.34. The van der Waals surface area contributed by atoms with Crippen molar-refractivity contribution in [1.29, 1.82) is 0 Å². The van der Waals surface area contributed by atoms with Crippen LogP contribution in [0.25, 0.3) is 0 Å². The molecule has 3 fully saturated rings. The van der Waals surface area contributed by atoms with Gasteiger partial charge in [-0.1, -0.05) is 12.1 Å². The van der Waals surface area contributed by atoms with E-state index in [0.717, 1.165) is 18.4 Å². The maximum absolute atomic E-state index is 12.4. The quantitative estimate of drug-likeness (QED) is 0.850. The molecule has 3 aliphatic rings. The summed E-state index contributed by atoms with van der Waals surface area (Å²) in [5.74, 6) is -1.65. The Bertz CT molecular complexity index is 713. The van der Waals surface area contributed by atoms with Gasteiger partial charge in [-0.05, 0) is 43.4 Å². The Morgan fingerprint density at radius 1 is 1.33 bits per heavy atom. The SMILES string of the molecule is Cc1cccc(NC(=O)COC(=O)[C@@H]2[C@@H]3C[C@@H]4[C@H]2C(=O)O[C@@H]4C3)c1. The molecule has 24 heavy (non-hydrogen) atoms. The van der Waals surface area contributed by atoms with E-state index in [9.17, 15) is 14.4 Å². The van der Waals surface area contributed by atoms with Crippen molar-refractivity contribution in [3.05, 3.63) is 29.8 Å². The fourth-order valence-corrected chi connectivity index (χ4v) is 4.48. The molecule has 2 bridgehead atoms. The van der Waals surface area contributed by atoms with Crippen LogP contribution in [-0.2, 0) is 23.9 Å². The van der Waals surface area contributed by atoms with Gasteiger partial charge in [-0.3, -0.25) is 14.4 Å². The molecule has 1 aliphatic heterocycles. The number of rotatable bonds is 4. The van der Waals surface area contributed by atoms with E-state index in [0.29, 0.717) is 5.69 Å². The van der Waals surface area contributed by atoms with Crippen LogP contribution in [0, 0.1) is 30.6 Å². The zero-order valence-electron chi connectivity index (χ0n) is 13.4. The third-order valence-electron chi connectivity index (χ3n) is 5.40. The molecule has 0 radical (unpaired) electrons. The molecule has 0 spiro atoms. The molecule has 1 aromatic rings. The molecule has 1 amide bonds. The number of fused-ring (bicyclic) bond motifs is 1. The number of hydrogen-bond acceptors (Lipinski definition) is 5. The third kappa shape index (κ3) is 2.46. The van der Waals surface area contributed by atoms with Crippen molar-refractivity contribution in [1.82, 2.24) is 0 Å². The molecule has 1 aromatic carbocycles. The van der Waals surface area contributed by atoms with Gasteiger partial charge in [-0.25, -0.2) is 0 Å². The van der Waals surface area contributed by atoms with Gasteiger partial charge < -0.3 is 14.8 Å². The lowest BCUT2D eigenvalue weighted by atomic mass is 9.80. The van der Waals surface area contributed by atoms with Gasteiger partial charge >= 0.3 is 11.9 Å². The van der Waals surface area contributed by atoms with Crippen molar-refractivity contribution in [3.63, 3.8) is 0 Å². The molecule has 2 saturated carbocycles. The lowest BCUT2D eigenvalue weighted by molar-refractivity contribution is -0.157. The van der Waals surface area contributed by atoms with Crippen molar-refractivity contribution in [3.8, 4) is 0 Å². The Hall–Kier alpha value is -2.37. The second kappa shape index (κ2) is 5.61. The van der Waals surface area contributed by atoms with Crippen LogP contribution in [0.4, 0.5) is 5.69 Å². The highest BCUT2D eigenvalue weighted by atomic mass is 16.6. The van der Waals surface area contributed by atoms with Gasteiger partial charge in [0.25, 0.3) is 5.91 Å². The summed E-state index contributed by atoms with van der Waals surface area (Å²) >= 11 is 0. The van der Waals surface area contributed by atoms with Gasteiger partial charge in [0.2, 0.25) is 0 Å². The average molecular weight is 329 g/mol. The number of benzene rings is 1. The van der Waals surface area contributed by atoms with Crippen LogP contribution in [-0.4, -0.2) is 30.6 Å². The second-order valence-corrected chi connectivity index (χ2v) is 6.95. The summed E-state index contributed by atoms with van der Waals surface area (Å²) in [6, 6.07) is 7.38. The standard InChI is InChI=1S/C18H19NO5/c1-9-3-2-4-11(5-9)19-14(20)8-23-17(21)15-10-6-12-13(7-10)24-18(22)16(12)15/h2-5,10,12-13,15-16H,6-8H2,1H3,(H,19,20)/t10-,12+,13-,15-,16-/m1/s1. The normalized spacial score (nSPS) is 32.5. The third-order valence-corrected chi connectivity index (χ3v) is 5.40. The van der Waals surface area contributed by atoms with Crippen LogP contribution < -0.4 is 5.32 Å². The predicted octanol–water partition coefficient (Wildman–Crippen LogP) is 1.67. The average Bonchev–Trinajstić information content (AvgIpc) is 3.14. The molecule has 2 aliphatic carbocycles. The lowest BCUT2D eigenvalue weighted by Gasteiger charge is -2.22. The van der Waals surface area contributed by atoms with Crippen molar-refractivity contribution >= 4 is 23.5 Å². The van der Waals surface area contributed by atoms with Crippen LogP contribution in [0.5, 0.6) is 0 Å². The van der Waals surface area contributed by atoms with Crippen molar-refractivity contribution in [2.75, 3.05) is 11.9 Å². The summed E-state index contributed by atoms with van der Waals surface area (Å²) < 4.78 is 10.5. The maximum atomic E-state index is 12.4.